The summed E-state index contributed by atoms with van der Waals surface area (Å²) in [5, 5.41) is 8.94. The number of benzene rings is 2. The molecule has 5 heteroatoms. The summed E-state index contributed by atoms with van der Waals surface area (Å²) in [6, 6.07) is 13.7. The summed E-state index contributed by atoms with van der Waals surface area (Å²) in [6.07, 6.45) is 3.79. The summed E-state index contributed by atoms with van der Waals surface area (Å²) in [7, 11) is 0. The van der Waals surface area contributed by atoms with Gasteiger partial charge in [-0.25, -0.2) is 9.59 Å². The third-order valence-electron chi connectivity index (χ3n) is 4.24. The summed E-state index contributed by atoms with van der Waals surface area (Å²) in [6.45, 7) is 4.40. The molecule has 2 rings (SSSR count). The molecule has 0 amide bonds. The van der Waals surface area contributed by atoms with Crippen molar-refractivity contribution < 1.29 is 24.2 Å². The zero-order chi connectivity index (χ0) is 19.6. The molecule has 1 N–H and O–H groups in total. The first-order valence-electron chi connectivity index (χ1n) is 9.28. The predicted octanol–water partition coefficient (Wildman–Crippen LogP) is 4.94. The van der Waals surface area contributed by atoms with Gasteiger partial charge in [-0.15, -0.1) is 0 Å². The average Bonchev–Trinajstić information content (AvgIpc) is 2.68. The molecule has 0 heterocycles. The van der Waals surface area contributed by atoms with Crippen LogP contribution in [0.4, 0.5) is 0 Å². The van der Waals surface area contributed by atoms with Crippen molar-refractivity contribution in [2.45, 2.75) is 45.6 Å². The summed E-state index contributed by atoms with van der Waals surface area (Å²) < 4.78 is 10.9. The Morgan fingerprint density at radius 3 is 2.07 bits per heavy atom. The van der Waals surface area contributed by atoms with Gasteiger partial charge in [-0.2, -0.15) is 0 Å². The lowest BCUT2D eigenvalue weighted by Crippen LogP contribution is -2.26. The maximum Gasteiger partial charge on any atom is 0.340 e. The molecule has 0 unspecified atom stereocenters. The standard InChI is InChI=1S/C22H26O5/c1-3-4-5-6-15-26-16(2)22(25)27-20-13-11-18(12-14-20)17-7-9-19(10-8-17)21(23)24/h7-14,16H,3-6,15H2,1-2H3,(H,23,24)/t16-/m1/s1. The molecule has 0 aromatic heterocycles. The van der Waals surface area contributed by atoms with Gasteiger partial charge >= 0.3 is 11.9 Å². The highest BCUT2D eigenvalue weighted by molar-refractivity contribution is 5.88. The van der Waals surface area contributed by atoms with E-state index in [0.29, 0.717) is 12.4 Å². The van der Waals surface area contributed by atoms with Crippen molar-refractivity contribution in [3.8, 4) is 16.9 Å². The summed E-state index contributed by atoms with van der Waals surface area (Å²) >= 11 is 0. The lowest BCUT2D eigenvalue weighted by molar-refractivity contribution is -0.146. The highest BCUT2D eigenvalue weighted by atomic mass is 16.6. The quantitative estimate of drug-likeness (QED) is 0.364. The Kier molecular flexibility index (Phi) is 8.01. The number of carbonyl (C=O) groups is 2. The minimum Gasteiger partial charge on any atom is -0.478 e. The first-order chi connectivity index (χ1) is 13.0. The Balaban J connectivity index is 1.87. The lowest BCUT2D eigenvalue weighted by atomic mass is 10.0. The van der Waals surface area contributed by atoms with E-state index in [2.05, 4.69) is 6.92 Å². The van der Waals surface area contributed by atoms with Gasteiger partial charge in [-0.3, -0.25) is 0 Å². The number of rotatable bonds is 10. The van der Waals surface area contributed by atoms with E-state index in [1.54, 1.807) is 43.3 Å². The highest BCUT2D eigenvalue weighted by Crippen LogP contribution is 2.23. The van der Waals surface area contributed by atoms with Crippen molar-refractivity contribution in [3.05, 3.63) is 54.1 Å². The van der Waals surface area contributed by atoms with Crippen LogP contribution in [0.5, 0.6) is 5.75 Å². The number of carboxylic acids is 1. The molecule has 0 bridgehead atoms. The van der Waals surface area contributed by atoms with Crippen LogP contribution in [0.15, 0.2) is 48.5 Å². The van der Waals surface area contributed by atoms with Crippen molar-refractivity contribution in [1.82, 2.24) is 0 Å². The number of hydrogen-bond donors (Lipinski definition) is 1. The molecule has 0 spiro atoms. The van der Waals surface area contributed by atoms with Gasteiger partial charge in [0.25, 0.3) is 0 Å². The molecule has 0 saturated carbocycles. The molecular formula is C22H26O5. The Hall–Kier alpha value is -2.66. The van der Waals surface area contributed by atoms with Gasteiger partial charge in [0.2, 0.25) is 0 Å². The molecule has 0 aliphatic heterocycles. The van der Waals surface area contributed by atoms with Crippen LogP contribution < -0.4 is 4.74 Å². The third kappa shape index (κ3) is 6.53. The normalized spacial score (nSPS) is 11.8. The number of hydrogen-bond acceptors (Lipinski definition) is 4. The fraction of sp³-hybridized carbons (Fsp3) is 0.364. The zero-order valence-electron chi connectivity index (χ0n) is 15.8. The molecule has 0 aliphatic rings. The minimum absolute atomic E-state index is 0.244. The van der Waals surface area contributed by atoms with E-state index in [0.717, 1.165) is 30.4 Å². The van der Waals surface area contributed by atoms with Crippen LogP contribution in [0.3, 0.4) is 0 Å². The number of esters is 1. The van der Waals surface area contributed by atoms with Gasteiger partial charge in [0.05, 0.1) is 5.56 Å². The highest BCUT2D eigenvalue weighted by Gasteiger charge is 2.15. The van der Waals surface area contributed by atoms with Crippen LogP contribution in [0.1, 0.15) is 49.9 Å². The van der Waals surface area contributed by atoms with Gasteiger partial charge in [-0.05, 0) is 48.7 Å². The topological polar surface area (TPSA) is 72.8 Å². The van der Waals surface area contributed by atoms with E-state index < -0.39 is 18.0 Å². The van der Waals surface area contributed by atoms with Crippen molar-refractivity contribution >= 4 is 11.9 Å². The minimum atomic E-state index is -0.953. The summed E-state index contributed by atoms with van der Waals surface area (Å²) in [4.78, 5) is 23.0. The molecule has 0 radical (unpaired) electrons. The van der Waals surface area contributed by atoms with Crippen molar-refractivity contribution in [1.29, 1.82) is 0 Å². The van der Waals surface area contributed by atoms with E-state index >= 15 is 0 Å². The van der Waals surface area contributed by atoms with Crippen LogP contribution in [-0.2, 0) is 9.53 Å². The fourth-order valence-corrected chi connectivity index (χ4v) is 2.58. The van der Waals surface area contributed by atoms with Gasteiger partial charge in [-0.1, -0.05) is 50.5 Å². The smallest absolute Gasteiger partial charge is 0.340 e. The average molecular weight is 370 g/mol. The monoisotopic (exact) mass is 370 g/mol. The van der Waals surface area contributed by atoms with Crippen molar-refractivity contribution in [2.75, 3.05) is 6.61 Å². The van der Waals surface area contributed by atoms with E-state index in [4.69, 9.17) is 14.6 Å². The van der Waals surface area contributed by atoms with Crippen LogP contribution in [0, 0.1) is 0 Å². The van der Waals surface area contributed by atoms with Crippen LogP contribution in [0.2, 0.25) is 0 Å². The Morgan fingerprint density at radius 2 is 1.52 bits per heavy atom. The maximum atomic E-state index is 12.1. The molecule has 0 aliphatic carbocycles. The maximum absolute atomic E-state index is 12.1. The zero-order valence-corrected chi connectivity index (χ0v) is 15.8. The molecule has 1 atom stereocenters. The second-order valence-electron chi connectivity index (χ2n) is 6.40. The second-order valence-corrected chi connectivity index (χ2v) is 6.40. The molecule has 0 fully saturated rings. The van der Waals surface area contributed by atoms with Gasteiger partial charge in [0, 0.05) is 6.61 Å². The third-order valence-corrected chi connectivity index (χ3v) is 4.24. The number of unbranched alkanes of at least 4 members (excludes halogenated alkanes) is 3. The Bertz CT molecular complexity index is 734. The van der Waals surface area contributed by atoms with Gasteiger partial charge in [0.1, 0.15) is 5.75 Å². The number of aromatic carboxylic acids is 1. The first kappa shape index (κ1) is 20.6. The molecule has 144 valence electrons. The summed E-state index contributed by atoms with van der Waals surface area (Å²) in [5.74, 6) is -0.915. The van der Waals surface area contributed by atoms with E-state index in [9.17, 15) is 9.59 Å². The fourth-order valence-electron chi connectivity index (χ4n) is 2.58. The van der Waals surface area contributed by atoms with Crippen LogP contribution in [-0.4, -0.2) is 29.8 Å². The molecule has 2 aromatic carbocycles. The van der Waals surface area contributed by atoms with E-state index in [1.165, 1.54) is 6.42 Å². The van der Waals surface area contributed by atoms with Crippen molar-refractivity contribution in [3.63, 3.8) is 0 Å². The van der Waals surface area contributed by atoms with Crippen LogP contribution >= 0.6 is 0 Å². The SMILES string of the molecule is CCCCCCO[C@H](C)C(=O)Oc1ccc(-c2ccc(C(=O)O)cc2)cc1. The molecular weight excluding hydrogens is 344 g/mol. The number of ether oxygens (including phenoxy) is 2. The molecule has 27 heavy (non-hydrogen) atoms. The summed E-state index contributed by atoms with van der Waals surface area (Å²) in [5.41, 5.74) is 2.04. The number of carboxylic acid groups (broad SMARTS) is 1. The molecule has 2 aromatic rings. The van der Waals surface area contributed by atoms with E-state index in [-0.39, 0.29) is 5.56 Å². The van der Waals surface area contributed by atoms with Crippen LogP contribution in [0.25, 0.3) is 11.1 Å². The Labute approximate surface area is 159 Å². The number of carbonyl (C=O) groups excluding carboxylic acids is 1. The molecule has 5 nitrogen and oxygen atoms in total. The first-order valence-corrected chi connectivity index (χ1v) is 9.28. The van der Waals surface area contributed by atoms with Crippen molar-refractivity contribution in [2.24, 2.45) is 0 Å². The van der Waals surface area contributed by atoms with Gasteiger partial charge < -0.3 is 14.6 Å². The largest absolute Gasteiger partial charge is 0.478 e. The lowest BCUT2D eigenvalue weighted by Gasteiger charge is -2.12. The predicted molar refractivity (Wildman–Crippen MR) is 104 cm³/mol. The molecule has 0 saturated heterocycles. The van der Waals surface area contributed by atoms with E-state index in [1.807, 2.05) is 12.1 Å². The van der Waals surface area contributed by atoms with Gasteiger partial charge in [0.15, 0.2) is 6.10 Å². The second kappa shape index (κ2) is 10.5. The Morgan fingerprint density at radius 1 is 0.926 bits per heavy atom.